The molecule has 0 unspecified atom stereocenters. The Kier molecular flexibility index (Phi) is 4.53. The van der Waals surface area contributed by atoms with E-state index in [0.29, 0.717) is 5.69 Å². The molecule has 2 N–H and O–H groups in total. The van der Waals surface area contributed by atoms with Gasteiger partial charge in [-0.1, -0.05) is 11.8 Å². The lowest BCUT2D eigenvalue weighted by Crippen LogP contribution is -2.11. The van der Waals surface area contributed by atoms with Crippen molar-refractivity contribution in [1.29, 1.82) is 0 Å². The number of carbonyl (C=O) groups excluding carboxylic acids is 1. The Hall–Kier alpha value is -2.58. The van der Waals surface area contributed by atoms with Gasteiger partial charge in [-0.15, -0.1) is 0 Å². The molecule has 1 amide bonds. The van der Waals surface area contributed by atoms with E-state index < -0.39 is 11.7 Å². The van der Waals surface area contributed by atoms with E-state index in [1.54, 1.807) is 12.1 Å². The van der Waals surface area contributed by atoms with Crippen LogP contribution in [0.1, 0.15) is 22.5 Å². The molecule has 0 bridgehead atoms. The van der Waals surface area contributed by atoms with Crippen LogP contribution in [0.5, 0.6) is 0 Å². The molecule has 0 saturated heterocycles. The number of carbonyl (C=O) groups is 1. The van der Waals surface area contributed by atoms with Gasteiger partial charge in [-0.05, 0) is 30.3 Å². The first-order valence-corrected chi connectivity index (χ1v) is 5.95. The highest BCUT2D eigenvalue weighted by Gasteiger charge is 2.09. The van der Waals surface area contributed by atoms with Crippen LogP contribution in [0.2, 0.25) is 0 Å². The molecular formula is C15H12FNO3. The van der Waals surface area contributed by atoms with Crippen molar-refractivity contribution in [2.75, 3.05) is 11.9 Å². The zero-order chi connectivity index (χ0) is 14.4. The van der Waals surface area contributed by atoms with E-state index in [1.165, 1.54) is 24.5 Å². The minimum atomic E-state index is -0.535. The van der Waals surface area contributed by atoms with Crippen molar-refractivity contribution in [3.8, 4) is 11.8 Å². The maximum Gasteiger partial charge on any atom is 0.291 e. The van der Waals surface area contributed by atoms with Crippen LogP contribution < -0.4 is 5.32 Å². The second-order valence-electron chi connectivity index (χ2n) is 3.90. The molecule has 0 radical (unpaired) electrons. The molecule has 20 heavy (non-hydrogen) atoms. The predicted octanol–water partition coefficient (Wildman–Crippen LogP) is 2.40. The molecule has 1 aromatic carbocycles. The minimum Gasteiger partial charge on any atom is -0.459 e. The summed E-state index contributed by atoms with van der Waals surface area (Å²) in [6.45, 7) is -0.0636. The predicted molar refractivity (Wildman–Crippen MR) is 71.6 cm³/mol. The topological polar surface area (TPSA) is 62.5 Å². The summed E-state index contributed by atoms with van der Waals surface area (Å²) in [6, 6.07) is 7.31. The van der Waals surface area contributed by atoms with Crippen molar-refractivity contribution in [1.82, 2.24) is 0 Å². The number of rotatable bonds is 3. The van der Waals surface area contributed by atoms with Crippen LogP contribution in [0, 0.1) is 17.7 Å². The molecule has 2 rings (SSSR count). The van der Waals surface area contributed by atoms with E-state index in [2.05, 4.69) is 17.2 Å². The van der Waals surface area contributed by atoms with Gasteiger partial charge in [0.15, 0.2) is 5.76 Å². The average molecular weight is 273 g/mol. The second kappa shape index (κ2) is 6.55. The largest absolute Gasteiger partial charge is 0.459 e. The first kappa shape index (κ1) is 13.8. The van der Waals surface area contributed by atoms with Gasteiger partial charge < -0.3 is 14.8 Å². The van der Waals surface area contributed by atoms with Gasteiger partial charge in [0.2, 0.25) is 0 Å². The molecule has 0 saturated carbocycles. The number of amides is 1. The van der Waals surface area contributed by atoms with Gasteiger partial charge in [0.25, 0.3) is 5.91 Å². The summed E-state index contributed by atoms with van der Waals surface area (Å²) in [5.74, 6) is 4.40. The van der Waals surface area contributed by atoms with Crippen LogP contribution in [0.4, 0.5) is 10.1 Å². The quantitative estimate of drug-likeness (QED) is 0.844. The third-order valence-electron chi connectivity index (χ3n) is 2.43. The van der Waals surface area contributed by atoms with Crippen molar-refractivity contribution < 1.29 is 18.7 Å². The van der Waals surface area contributed by atoms with Crippen molar-refractivity contribution in [2.45, 2.75) is 6.42 Å². The monoisotopic (exact) mass is 273 g/mol. The Morgan fingerprint density at radius 1 is 1.40 bits per heavy atom. The first-order valence-electron chi connectivity index (χ1n) is 5.95. The zero-order valence-corrected chi connectivity index (χ0v) is 10.5. The SMILES string of the molecule is O=C(Nc1ccc(C#CCCO)c(F)c1)c1ccco1. The molecule has 1 heterocycles. The van der Waals surface area contributed by atoms with E-state index >= 15 is 0 Å². The van der Waals surface area contributed by atoms with Crippen LogP contribution in [0.15, 0.2) is 41.0 Å². The van der Waals surface area contributed by atoms with Gasteiger partial charge in [-0.25, -0.2) is 4.39 Å². The van der Waals surface area contributed by atoms with Gasteiger partial charge >= 0.3 is 0 Å². The smallest absolute Gasteiger partial charge is 0.291 e. The van der Waals surface area contributed by atoms with Gasteiger partial charge in [0.05, 0.1) is 18.4 Å². The minimum absolute atomic E-state index is 0.0636. The Bertz CT molecular complexity index is 653. The van der Waals surface area contributed by atoms with Gasteiger partial charge in [0.1, 0.15) is 5.82 Å². The van der Waals surface area contributed by atoms with Gasteiger partial charge in [0, 0.05) is 12.1 Å². The Balaban J connectivity index is 2.10. The van der Waals surface area contributed by atoms with Crippen LogP contribution in [0.3, 0.4) is 0 Å². The maximum absolute atomic E-state index is 13.7. The number of furan rings is 1. The van der Waals surface area contributed by atoms with Gasteiger partial charge in [-0.2, -0.15) is 0 Å². The summed E-state index contributed by atoms with van der Waals surface area (Å²) in [4.78, 5) is 11.7. The molecular weight excluding hydrogens is 261 g/mol. The number of nitrogens with one attached hydrogen (secondary N) is 1. The molecule has 0 spiro atoms. The summed E-state index contributed by atoms with van der Waals surface area (Å²) in [5, 5.41) is 11.1. The number of anilines is 1. The second-order valence-corrected chi connectivity index (χ2v) is 3.90. The number of halogens is 1. The molecule has 2 aromatic rings. The number of aliphatic hydroxyl groups is 1. The fraction of sp³-hybridized carbons (Fsp3) is 0.133. The molecule has 0 fully saturated rings. The van der Waals surface area contributed by atoms with E-state index in [1.807, 2.05) is 0 Å². The number of aliphatic hydroxyl groups excluding tert-OH is 1. The molecule has 4 nitrogen and oxygen atoms in total. The summed E-state index contributed by atoms with van der Waals surface area (Å²) in [7, 11) is 0. The molecule has 102 valence electrons. The van der Waals surface area contributed by atoms with Crippen LogP contribution in [-0.2, 0) is 0 Å². The molecule has 5 heteroatoms. The summed E-state index contributed by atoms with van der Waals surface area (Å²) in [6.07, 6.45) is 1.67. The van der Waals surface area contributed by atoms with E-state index in [-0.39, 0.29) is 24.4 Å². The van der Waals surface area contributed by atoms with E-state index in [4.69, 9.17) is 9.52 Å². The zero-order valence-electron chi connectivity index (χ0n) is 10.5. The lowest BCUT2D eigenvalue weighted by Gasteiger charge is -2.04. The molecule has 0 aliphatic heterocycles. The van der Waals surface area contributed by atoms with Crippen LogP contribution in [-0.4, -0.2) is 17.6 Å². The fourth-order valence-electron chi connectivity index (χ4n) is 1.51. The lowest BCUT2D eigenvalue weighted by atomic mass is 10.2. The van der Waals surface area contributed by atoms with Crippen molar-refractivity contribution in [2.24, 2.45) is 0 Å². The van der Waals surface area contributed by atoms with Crippen LogP contribution >= 0.6 is 0 Å². The van der Waals surface area contributed by atoms with Crippen molar-refractivity contribution >= 4 is 11.6 Å². The number of benzene rings is 1. The Morgan fingerprint density at radius 2 is 2.25 bits per heavy atom. The Morgan fingerprint density at radius 3 is 2.90 bits per heavy atom. The molecule has 0 atom stereocenters. The van der Waals surface area contributed by atoms with Crippen LogP contribution in [0.25, 0.3) is 0 Å². The Labute approximate surface area is 115 Å². The maximum atomic E-state index is 13.7. The third-order valence-corrected chi connectivity index (χ3v) is 2.43. The third kappa shape index (κ3) is 3.46. The van der Waals surface area contributed by atoms with Crippen molar-refractivity contribution in [3.63, 3.8) is 0 Å². The highest BCUT2D eigenvalue weighted by atomic mass is 19.1. The van der Waals surface area contributed by atoms with Gasteiger partial charge in [-0.3, -0.25) is 4.79 Å². The average Bonchev–Trinajstić information content (AvgIpc) is 2.95. The molecule has 1 aromatic heterocycles. The lowest BCUT2D eigenvalue weighted by molar-refractivity contribution is 0.0996. The van der Waals surface area contributed by atoms with E-state index in [9.17, 15) is 9.18 Å². The highest BCUT2D eigenvalue weighted by molar-refractivity contribution is 6.02. The normalized spacial score (nSPS) is 9.70. The highest BCUT2D eigenvalue weighted by Crippen LogP contribution is 2.15. The number of hydrogen-bond donors (Lipinski definition) is 2. The van der Waals surface area contributed by atoms with E-state index in [0.717, 1.165) is 0 Å². The molecule has 0 aliphatic carbocycles. The van der Waals surface area contributed by atoms with Crippen molar-refractivity contribution in [3.05, 3.63) is 53.7 Å². The fourth-order valence-corrected chi connectivity index (χ4v) is 1.51. The summed E-state index contributed by atoms with van der Waals surface area (Å²) in [5.41, 5.74) is 0.533. The first-order chi connectivity index (χ1) is 9.70. The molecule has 0 aliphatic rings. The number of hydrogen-bond acceptors (Lipinski definition) is 3. The summed E-state index contributed by atoms with van der Waals surface area (Å²) < 4.78 is 18.7. The standard InChI is InChI=1S/C15H12FNO3/c16-13-10-12(7-6-11(13)4-1-2-8-18)17-15(19)14-5-3-9-20-14/h3,5-7,9-10,18H,2,8H2,(H,17,19). The summed E-state index contributed by atoms with van der Waals surface area (Å²) >= 11 is 0.